The molecule has 88 valence electrons. The van der Waals surface area contributed by atoms with Gasteiger partial charge in [0.2, 0.25) is 0 Å². The van der Waals surface area contributed by atoms with Gasteiger partial charge in [-0.05, 0) is 37.1 Å². The maximum atomic E-state index is 11.7. The second-order valence-electron chi connectivity index (χ2n) is 3.90. The van der Waals surface area contributed by atoms with Gasteiger partial charge in [-0.1, -0.05) is 6.92 Å². The summed E-state index contributed by atoms with van der Waals surface area (Å²) in [4.78, 5) is 11.7. The molecule has 1 unspecified atom stereocenters. The van der Waals surface area contributed by atoms with Crippen molar-refractivity contribution in [2.75, 3.05) is 12.3 Å². The molecule has 0 aliphatic carbocycles. The first-order valence-electron chi connectivity index (χ1n) is 5.36. The fraction of sp³-hybridized carbons (Fsp3) is 0.417. The number of carbonyl (C=O) groups excluding carboxylic acids is 1. The van der Waals surface area contributed by atoms with Crippen molar-refractivity contribution in [2.45, 2.75) is 26.4 Å². The summed E-state index contributed by atoms with van der Waals surface area (Å²) < 4.78 is 0. The Morgan fingerprint density at radius 1 is 1.50 bits per heavy atom. The minimum Gasteiger partial charge on any atom is -0.399 e. The normalized spacial score (nSPS) is 12.2. The Kier molecular flexibility index (Phi) is 4.31. The third-order valence-corrected chi connectivity index (χ3v) is 2.33. The number of benzene rings is 1. The van der Waals surface area contributed by atoms with Crippen molar-refractivity contribution < 1.29 is 9.90 Å². The number of nitrogens with two attached hydrogens (primary N) is 1. The van der Waals surface area contributed by atoms with Gasteiger partial charge in [-0.15, -0.1) is 0 Å². The van der Waals surface area contributed by atoms with Crippen LogP contribution in [0.4, 0.5) is 5.69 Å². The maximum Gasteiger partial charge on any atom is 0.251 e. The number of amides is 1. The molecule has 0 spiro atoms. The van der Waals surface area contributed by atoms with E-state index in [4.69, 9.17) is 5.73 Å². The van der Waals surface area contributed by atoms with Gasteiger partial charge in [0.05, 0.1) is 6.10 Å². The molecule has 0 aliphatic rings. The molecule has 1 rings (SSSR count). The van der Waals surface area contributed by atoms with Gasteiger partial charge in [0, 0.05) is 17.8 Å². The van der Waals surface area contributed by atoms with E-state index in [1.165, 1.54) is 0 Å². The van der Waals surface area contributed by atoms with Crippen molar-refractivity contribution >= 4 is 11.6 Å². The Labute approximate surface area is 95.5 Å². The first kappa shape index (κ1) is 12.5. The van der Waals surface area contributed by atoms with Crippen LogP contribution in [0.25, 0.3) is 0 Å². The maximum absolute atomic E-state index is 11.7. The van der Waals surface area contributed by atoms with Crippen LogP contribution < -0.4 is 11.1 Å². The molecule has 0 bridgehead atoms. The highest BCUT2D eigenvalue weighted by Crippen LogP contribution is 2.10. The van der Waals surface area contributed by atoms with E-state index in [-0.39, 0.29) is 12.5 Å². The summed E-state index contributed by atoms with van der Waals surface area (Å²) in [5.74, 6) is -0.206. The second-order valence-corrected chi connectivity index (χ2v) is 3.90. The largest absolute Gasteiger partial charge is 0.399 e. The van der Waals surface area contributed by atoms with Crippen LogP contribution in [0.5, 0.6) is 0 Å². The van der Waals surface area contributed by atoms with E-state index in [0.29, 0.717) is 17.7 Å². The zero-order valence-corrected chi connectivity index (χ0v) is 9.66. The summed E-state index contributed by atoms with van der Waals surface area (Å²) in [5.41, 5.74) is 7.69. The number of hydrogen-bond donors (Lipinski definition) is 3. The molecule has 0 saturated heterocycles. The Morgan fingerprint density at radius 2 is 2.19 bits per heavy atom. The quantitative estimate of drug-likeness (QED) is 0.667. The third-order valence-electron chi connectivity index (χ3n) is 2.33. The fourth-order valence-electron chi connectivity index (χ4n) is 1.40. The monoisotopic (exact) mass is 222 g/mol. The van der Waals surface area contributed by atoms with Gasteiger partial charge in [0.25, 0.3) is 5.91 Å². The topological polar surface area (TPSA) is 75.3 Å². The smallest absolute Gasteiger partial charge is 0.251 e. The van der Waals surface area contributed by atoms with Gasteiger partial charge in [-0.3, -0.25) is 4.79 Å². The van der Waals surface area contributed by atoms with E-state index in [1.54, 1.807) is 18.2 Å². The zero-order valence-electron chi connectivity index (χ0n) is 9.66. The number of aliphatic hydroxyl groups excluding tert-OH is 1. The van der Waals surface area contributed by atoms with Gasteiger partial charge in [-0.2, -0.15) is 0 Å². The van der Waals surface area contributed by atoms with Crippen LogP contribution in [0.3, 0.4) is 0 Å². The SMILES string of the molecule is CCC(O)CNC(=O)c1cc(C)cc(N)c1. The van der Waals surface area contributed by atoms with Crippen LogP contribution >= 0.6 is 0 Å². The van der Waals surface area contributed by atoms with Crippen molar-refractivity contribution in [3.63, 3.8) is 0 Å². The predicted molar refractivity (Wildman–Crippen MR) is 64.2 cm³/mol. The van der Waals surface area contributed by atoms with Crippen molar-refractivity contribution in [1.82, 2.24) is 5.32 Å². The molecule has 0 heterocycles. The summed E-state index contributed by atoms with van der Waals surface area (Å²) in [6.07, 6.45) is 0.127. The Hall–Kier alpha value is -1.55. The highest BCUT2D eigenvalue weighted by Gasteiger charge is 2.08. The molecule has 1 amide bonds. The minimum atomic E-state index is -0.494. The number of rotatable bonds is 4. The van der Waals surface area contributed by atoms with Crippen LogP contribution in [-0.2, 0) is 0 Å². The summed E-state index contributed by atoms with van der Waals surface area (Å²) in [5, 5.41) is 12.0. The molecular formula is C12H18N2O2. The number of hydrogen-bond acceptors (Lipinski definition) is 3. The standard InChI is InChI=1S/C12H18N2O2/c1-3-11(15)7-14-12(16)9-4-8(2)5-10(13)6-9/h4-6,11,15H,3,7,13H2,1-2H3,(H,14,16). The van der Waals surface area contributed by atoms with Gasteiger partial charge in [-0.25, -0.2) is 0 Å². The van der Waals surface area contributed by atoms with E-state index < -0.39 is 6.10 Å². The van der Waals surface area contributed by atoms with Crippen LogP contribution in [0, 0.1) is 6.92 Å². The molecule has 0 aromatic heterocycles. The molecule has 0 fully saturated rings. The first-order valence-corrected chi connectivity index (χ1v) is 5.36. The molecule has 4 nitrogen and oxygen atoms in total. The molecule has 4 N–H and O–H groups in total. The molecule has 1 atom stereocenters. The van der Waals surface area contributed by atoms with Crippen molar-refractivity contribution in [1.29, 1.82) is 0 Å². The lowest BCUT2D eigenvalue weighted by Gasteiger charge is -2.10. The molecule has 0 saturated carbocycles. The summed E-state index contributed by atoms with van der Waals surface area (Å²) >= 11 is 0. The second kappa shape index (κ2) is 5.51. The first-order chi connectivity index (χ1) is 7.52. The molecule has 16 heavy (non-hydrogen) atoms. The Morgan fingerprint density at radius 3 is 2.75 bits per heavy atom. The molecular weight excluding hydrogens is 204 g/mol. The molecule has 0 aliphatic heterocycles. The van der Waals surface area contributed by atoms with Gasteiger partial charge < -0.3 is 16.2 Å². The minimum absolute atomic E-state index is 0.206. The van der Waals surface area contributed by atoms with Gasteiger partial charge >= 0.3 is 0 Å². The lowest BCUT2D eigenvalue weighted by Crippen LogP contribution is -2.31. The summed E-state index contributed by atoms with van der Waals surface area (Å²) in [7, 11) is 0. The number of nitrogens with one attached hydrogen (secondary N) is 1. The van der Waals surface area contributed by atoms with E-state index in [0.717, 1.165) is 5.56 Å². The highest BCUT2D eigenvalue weighted by atomic mass is 16.3. The number of nitrogen functional groups attached to an aromatic ring is 1. The third kappa shape index (κ3) is 3.55. The molecule has 1 aromatic carbocycles. The number of anilines is 1. The van der Waals surface area contributed by atoms with Crippen LogP contribution in [0.15, 0.2) is 18.2 Å². The van der Waals surface area contributed by atoms with Crippen LogP contribution in [-0.4, -0.2) is 23.7 Å². The molecule has 0 radical (unpaired) electrons. The number of aliphatic hydroxyl groups is 1. The lowest BCUT2D eigenvalue weighted by molar-refractivity contribution is 0.0914. The van der Waals surface area contributed by atoms with E-state index in [1.807, 2.05) is 13.8 Å². The van der Waals surface area contributed by atoms with E-state index in [9.17, 15) is 9.90 Å². The van der Waals surface area contributed by atoms with Crippen molar-refractivity contribution in [2.24, 2.45) is 0 Å². The van der Waals surface area contributed by atoms with Crippen molar-refractivity contribution in [3.05, 3.63) is 29.3 Å². The van der Waals surface area contributed by atoms with Crippen molar-refractivity contribution in [3.8, 4) is 0 Å². The van der Waals surface area contributed by atoms with E-state index >= 15 is 0 Å². The molecule has 4 heteroatoms. The average molecular weight is 222 g/mol. The summed E-state index contributed by atoms with van der Waals surface area (Å²) in [6.45, 7) is 4.01. The molecule has 1 aromatic rings. The van der Waals surface area contributed by atoms with Crippen LogP contribution in [0.1, 0.15) is 29.3 Å². The fourth-order valence-corrected chi connectivity index (χ4v) is 1.40. The average Bonchev–Trinajstić information content (AvgIpc) is 2.23. The number of aryl methyl sites for hydroxylation is 1. The zero-order chi connectivity index (χ0) is 12.1. The van der Waals surface area contributed by atoms with Gasteiger partial charge in [0.1, 0.15) is 0 Å². The van der Waals surface area contributed by atoms with Gasteiger partial charge in [0.15, 0.2) is 0 Å². The Bertz CT molecular complexity index is 357. The highest BCUT2D eigenvalue weighted by molar-refractivity contribution is 5.95. The van der Waals surface area contributed by atoms with Crippen LogP contribution in [0.2, 0.25) is 0 Å². The van der Waals surface area contributed by atoms with E-state index in [2.05, 4.69) is 5.32 Å². The summed E-state index contributed by atoms with van der Waals surface area (Å²) in [6, 6.07) is 5.20. The number of carbonyl (C=O) groups is 1. The lowest BCUT2D eigenvalue weighted by atomic mass is 10.1. The Balaban J connectivity index is 2.66. The predicted octanol–water partition coefficient (Wildman–Crippen LogP) is 1.08.